The molecular weight excluding hydrogens is 592 g/mol. The standard InChI is InChI=1S/C40H74O7/c1-3-5-7-9-11-13-15-17-19-21-23-25-27-29-31-33-37(42)46-39(44)35-36(41)40(45)47-38(43)34-32-30-28-26-24-22-20-18-16-14-12-10-8-6-4-2/h36,41H,3-35H2,1-2H3. The van der Waals surface area contributed by atoms with Gasteiger partial charge < -0.3 is 14.6 Å². The van der Waals surface area contributed by atoms with Gasteiger partial charge in [0.1, 0.15) is 0 Å². The molecule has 276 valence electrons. The summed E-state index contributed by atoms with van der Waals surface area (Å²) in [4.78, 5) is 47.8. The van der Waals surface area contributed by atoms with Crippen molar-refractivity contribution in [2.45, 2.75) is 232 Å². The van der Waals surface area contributed by atoms with E-state index in [1.54, 1.807) is 0 Å². The highest BCUT2D eigenvalue weighted by Crippen LogP contribution is 2.16. The summed E-state index contributed by atoms with van der Waals surface area (Å²) < 4.78 is 9.40. The van der Waals surface area contributed by atoms with Crippen molar-refractivity contribution >= 4 is 23.9 Å². The molecule has 0 saturated carbocycles. The van der Waals surface area contributed by atoms with Crippen molar-refractivity contribution in [1.82, 2.24) is 0 Å². The maximum Gasteiger partial charge on any atom is 0.343 e. The summed E-state index contributed by atoms with van der Waals surface area (Å²) in [6.07, 6.45) is 34.4. The zero-order valence-electron chi connectivity index (χ0n) is 30.8. The van der Waals surface area contributed by atoms with Crippen LogP contribution in [-0.2, 0) is 28.7 Å². The molecule has 1 atom stereocenters. The van der Waals surface area contributed by atoms with Gasteiger partial charge in [-0.15, -0.1) is 0 Å². The molecule has 0 fully saturated rings. The highest BCUT2D eigenvalue weighted by molar-refractivity contribution is 5.92. The third kappa shape index (κ3) is 33.9. The van der Waals surface area contributed by atoms with Gasteiger partial charge in [0.05, 0.1) is 6.42 Å². The summed E-state index contributed by atoms with van der Waals surface area (Å²) in [5.41, 5.74) is 0. The average Bonchev–Trinajstić information content (AvgIpc) is 3.04. The third-order valence-corrected chi connectivity index (χ3v) is 9.04. The first kappa shape index (κ1) is 45.2. The number of ether oxygens (including phenoxy) is 2. The van der Waals surface area contributed by atoms with Crippen LogP contribution in [0, 0.1) is 0 Å². The van der Waals surface area contributed by atoms with Crippen LogP contribution in [0.5, 0.6) is 0 Å². The van der Waals surface area contributed by atoms with Crippen molar-refractivity contribution in [1.29, 1.82) is 0 Å². The average molecular weight is 667 g/mol. The summed E-state index contributed by atoms with van der Waals surface area (Å²) in [6, 6.07) is 0. The minimum Gasteiger partial charge on any atom is -0.393 e. The number of esters is 4. The molecule has 0 aromatic rings. The molecule has 0 bridgehead atoms. The van der Waals surface area contributed by atoms with Crippen LogP contribution >= 0.6 is 0 Å². The lowest BCUT2D eigenvalue weighted by Crippen LogP contribution is -2.29. The first-order chi connectivity index (χ1) is 22.9. The number of unbranched alkanes of at least 4 members (excludes halogenated alkanes) is 28. The lowest BCUT2D eigenvalue weighted by atomic mass is 10.0. The molecule has 0 aliphatic heterocycles. The van der Waals surface area contributed by atoms with Gasteiger partial charge >= 0.3 is 23.9 Å². The Hall–Kier alpha value is -1.76. The minimum absolute atomic E-state index is 0.0961. The molecule has 0 aliphatic rings. The molecule has 47 heavy (non-hydrogen) atoms. The van der Waals surface area contributed by atoms with Crippen LogP contribution in [0.4, 0.5) is 0 Å². The predicted octanol–water partition coefficient (Wildman–Crippen LogP) is 11.4. The molecule has 0 saturated heterocycles. The molecule has 0 aromatic carbocycles. The molecular formula is C40H74O7. The Kier molecular flexibility index (Phi) is 34.2. The van der Waals surface area contributed by atoms with Crippen molar-refractivity contribution in [3.63, 3.8) is 0 Å². The Morgan fingerprint density at radius 3 is 0.936 bits per heavy atom. The van der Waals surface area contributed by atoms with Crippen LogP contribution in [0.25, 0.3) is 0 Å². The SMILES string of the molecule is CCCCCCCCCCCCCCCCCC(=O)OC(=O)CC(O)C(=O)OC(=O)CCCCCCCCCCCCCCCCC. The van der Waals surface area contributed by atoms with Gasteiger partial charge in [0.15, 0.2) is 6.10 Å². The molecule has 7 heteroatoms. The maximum atomic E-state index is 12.0. The Morgan fingerprint density at radius 2 is 0.638 bits per heavy atom. The largest absolute Gasteiger partial charge is 0.393 e. The number of aliphatic hydroxyl groups is 1. The minimum atomic E-state index is -1.83. The molecule has 0 aliphatic carbocycles. The van der Waals surface area contributed by atoms with Crippen molar-refractivity contribution < 1.29 is 33.8 Å². The van der Waals surface area contributed by atoms with Crippen LogP contribution in [0.3, 0.4) is 0 Å². The fourth-order valence-corrected chi connectivity index (χ4v) is 5.97. The molecule has 0 amide bonds. The number of carbonyl (C=O) groups is 4. The summed E-state index contributed by atoms with van der Waals surface area (Å²) in [7, 11) is 0. The van der Waals surface area contributed by atoms with Gasteiger partial charge in [-0.05, 0) is 12.8 Å². The van der Waals surface area contributed by atoms with E-state index < -0.39 is 36.4 Å². The van der Waals surface area contributed by atoms with Crippen molar-refractivity contribution in [2.75, 3.05) is 0 Å². The van der Waals surface area contributed by atoms with Crippen molar-refractivity contribution in [3.05, 3.63) is 0 Å². The highest BCUT2D eigenvalue weighted by atomic mass is 16.6. The summed E-state index contributed by atoms with van der Waals surface area (Å²) in [6.45, 7) is 4.50. The molecule has 7 nitrogen and oxygen atoms in total. The molecule has 1 unspecified atom stereocenters. The summed E-state index contributed by atoms with van der Waals surface area (Å²) in [5.74, 6) is -3.53. The Morgan fingerprint density at radius 1 is 0.383 bits per heavy atom. The smallest absolute Gasteiger partial charge is 0.343 e. The summed E-state index contributed by atoms with van der Waals surface area (Å²) in [5, 5.41) is 9.93. The van der Waals surface area contributed by atoms with E-state index in [2.05, 4.69) is 18.6 Å². The van der Waals surface area contributed by atoms with Crippen LogP contribution < -0.4 is 0 Å². The second-order valence-corrected chi connectivity index (χ2v) is 13.8. The third-order valence-electron chi connectivity index (χ3n) is 9.04. The fraction of sp³-hybridized carbons (Fsp3) is 0.900. The predicted molar refractivity (Wildman–Crippen MR) is 192 cm³/mol. The number of rotatable bonds is 35. The van der Waals surface area contributed by atoms with Crippen LogP contribution in [0.15, 0.2) is 0 Å². The topological polar surface area (TPSA) is 107 Å². The van der Waals surface area contributed by atoms with E-state index in [0.717, 1.165) is 38.5 Å². The monoisotopic (exact) mass is 667 g/mol. The van der Waals surface area contributed by atoms with Gasteiger partial charge in [0.2, 0.25) is 0 Å². The van der Waals surface area contributed by atoms with Crippen LogP contribution in [0.2, 0.25) is 0 Å². The van der Waals surface area contributed by atoms with Gasteiger partial charge in [-0.3, -0.25) is 14.4 Å². The number of carbonyl (C=O) groups excluding carboxylic acids is 4. The van der Waals surface area contributed by atoms with Crippen LogP contribution in [0.1, 0.15) is 226 Å². The molecule has 1 N–H and O–H groups in total. The first-order valence-corrected chi connectivity index (χ1v) is 20.1. The van der Waals surface area contributed by atoms with Gasteiger partial charge in [-0.25, -0.2) is 4.79 Å². The van der Waals surface area contributed by atoms with Crippen molar-refractivity contribution in [2.24, 2.45) is 0 Å². The number of hydrogen-bond donors (Lipinski definition) is 1. The first-order valence-electron chi connectivity index (χ1n) is 20.1. The van der Waals surface area contributed by atoms with E-state index >= 15 is 0 Å². The molecule has 0 aromatic heterocycles. The zero-order valence-corrected chi connectivity index (χ0v) is 30.8. The Bertz CT molecular complexity index is 751. The van der Waals surface area contributed by atoms with E-state index in [0.29, 0.717) is 12.8 Å². The van der Waals surface area contributed by atoms with Gasteiger partial charge in [0, 0.05) is 12.8 Å². The zero-order chi connectivity index (χ0) is 34.6. The lowest BCUT2D eigenvalue weighted by molar-refractivity contribution is -0.171. The van der Waals surface area contributed by atoms with E-state index in [1.165, 1.54) is 141 Å². The Balaban J connectivity index is 3.62. The van der Waals surface area contributed by atoms with Gasteiger partial charge in [-0.1, -0.05) is 194 Å². The molecule has 0 heterocycles. The number of aliphatic hydroxyl groups excluding tert-OH is 1. The molecule has 0 radical (unpaired) electrons. The summed E-state index contributed by atoms with van der Waals surface area (Å²) >= 11 is 0. The quantitative estimate of drug-likeness (QED) is 0.0407. The normalized spacial score (nSPS) is 11.8. The molecule has 0 spiro atoms. The Labute approximate surface area is 289 Å². The highest BCUT2D eigenvalue weighted by Gasteiger charge is 2.25. The van der Waals surface area contributed by atoms with Crippen molar-refractivity contribution in [3.8, 4) is 0 Å². The lowest BCUT2D eigenvalue weighted by Gasteiger charge is -2.09. The van der Waals surface area contributed by atoms with E-state index in [4.69, 9.17) is 4.74 Å². The van der Waals surface area contributed by atoms with Crippen LogP contribution in [-0.4, -0.2) is 35.1 Å². The second kappa shape index (κ2) is 35.5. The van der Waals surface area contributed by atoms with E-state index in [1.807, 2.05) is 0 Å². The van der Waals surface area contributed by atoms with E-state index in [9.17, 15) is 24.3 Å². The molecule has 0 rings (SSSR count). The maximum absolute atomic E-state index is 12.0. The van der Waals surface area contributed by atoms with Gasteiger partial charge in [0.25, 0.3) is 0 Å². The van der Waals surface area contributed by atoms with E-state index in [-0.39, 0.29) is 12.8 Å². The second-order valence-electron chi connectivity index (χ2n) is 13.8. The fourth-order valence-electron chi connectivity index (χ4n) is 5.97. The number of hydrogen-bond acceptors (Lipinski definition) is 7. The van der Waals surface area contributed by atoms with Gasteiger partial charge in [-0.2, -0.15) is 0 Å².